The van der Waals surface area contributed by atoms with E-state index in [1.165, 1.54) is 0 Å². The largest absolute Gasteiger partial charge is 0.268 e. The zero-order chi connectivity index (χ0) is 29.9. The van der Waals surface area contributed by atoms with Gasteiger partial charge in [0.15, 0.2) is 0 Å². The fraction of sp³-hybridized carbons (Fsp3) is 0. The van der Waals surface area contributed by atoms with Crippen molar-refractivity contribution in [2.45, 2.75) is 0 Å². The Hall–Kier alpha value is -6.06. The molecule has 0 atom stereocenters. The Morgan fingerprint density at radius 3 is 1.60 bits per heavy atom. The number of hydrogen-bond acceptors (Lipinski definition) is 2. The lowest BCUT2D eigenvalue weighted by atomic mass is 9.86. The Balaban J connectivity index is 1.50. The summed E-state index contributed by atoms with van der Waals surface area (Å²) in [5, 5.41) is 3.68. The van der Waals surface area contributed by atoms with Crippen LogP contribution in [0.25, 0.3) is 82.7 Å². The minimum absolute atomic E-state index is 0.0561. The van der Waals surface area contributed by atoms with Crippen molar-refractivity contribution >= 4 is 38.2 Å². The molecule has 0 aliphatic rings. The molecule has 0 amide bonds. The third-order valence-electron chi connectivity index (χ3n) is 8.95. The van der Waals surface area contributed by atoms with Crippen LogP contribution in [0.2, 0.25) is 0 Å². The Labute approximate surface area is 259 Å². The molecule has 0 N–H and O–H groups in total. The molecule has 210 valence electrons. The van der Waals surface area contributed by atoms with Crippen LogP contribution >= 0.6 is 0 Å². The molecule has 9 aromatic rings. The third-order valence-corrected chi connectivity index (χ3v) is 8.95. The number of pyridine rings is 1. The maximum atomic E-state index is 14.7. The second-order valence-corrected chi connectivity index (χ2v) is 11.5. The van der Waals surface area contributed by atoms with Gasteiger partial charge in [-0.1, -0.05) is 140 Å². The topological polar surface area (TPSA) is 34.4 Å². The van der Waals surface area contributed by atoms with Gasteiger partial charge in [-0.25, -0.2) is 4.98 Å². The number of hydrogen-bond donors (Lipinski definition) is 0. The minimum atomic E-state index is -0.0561. The molecule has 0 unspecified atom stereocenters. The summed E-state index contributed by atoms with van der Waals surface area (Å²) in [5.74, 6) is 0. The van der Waals surface area contributed by atoms with Gasteiger partial charge in [0.05, 0.1) is 11.0 Å². The van der Waals surface area contributed by atoms with E-state index in [0.29, 0.717) is 11.0 Å². The predicted molar refractivity (Wildman–Crippen MR) is 187 cm³/mol. The van der Waals surface area contributed by atoms with E-state index in [2.05, 4.69) is 121 Å². The molecule has 45 heavy (non-hydrogen) atoms. The molecule has 0 fully saturated rings. The van der Waals surface area contributed by atoms with Gasteiger partial charge in [-0.2, -0.15) is 0 Å². The fourth-order valence-corrected chi connectivity index (χ4v) is 7.02. The number of imidazole rings is 1. The molecule has 3 nitrogen and oxygen atoms in total. The number of benzene rings is 7. The Morgan fingerprint density at radius 1 is 0.444 bits per heavy atom. The standard InChI is InChI=1S/C42H26N2O/c45-42-34-23-13-22-32-31(27-14-5-1-6-15-27)24-25-33(39(32)34)41-43-36-26-35(28-16-7-2-8-17-28)37(29-18-9-3-10-19-29)38(40(36)44(41)42)30-20-11-4-12-21-30/h1-26H. The summed E-state index contributed by atoms with van der Waals surface area (Å²) in [6.07, 6.45) is 0. The first kappa shape index (κ1) is 25.4. The second-order valence-electron chi connectivity index (χ2n) is 11.5. The lowest BCUT2D eigenvalue weighted by molar-refractivity contribution is 1.19. The van der Waals surface area contributed by atoms with Crippen molar-refractivity contribution in [1.82, 2.24) is 9.38 Å². The summed E-state index contributed by atoms with van der Waals surface area (Å²) in [5.41, 5.74) is 10.9. The van der Waals surface area contributed by atoms with Crippen molar-refractivity contribution in [2.75, 3.05) is 0 Å². The van der Waals surface area contributed by atoms with E-state index in [1.807, 2.05) is 40.8 Å². The van der Waals surface area contributed by atoms with Gasteiger partial charge in [-0.3, -0.25) is 9.20 Å². The van der Waals surface area contributed by atoms with Gasteiger partial charge >= 0.3 is 0 Å². The van der Waals surface area contributed by atoms with Crippen LogP contribution in [0.3, 0.4) is 0 Å². The van der Waals surface area contributed by atoms with Crippen LogP contribution in [0, 0.1) is 0 Å². The maximum absolute atomic E-state index is 14.7. The van der Waals surface area contributed by atoms with Crippen molar-refractivity contribution in [3.05, 3.63) is 168 Å². The summed E-state index contributed by atoms with van der Waals surface area (Å²) in [4.78, 5) is 20.0. The minimum Gasteiger partial charge on any atom is -0.268 e. The van der Waals surface area contributed by atoms with Crippen LogP contribution < -0.4 is 5.56 Å². The van der Waals surface area contributed by atoms with E-state index in [1.54, 1.807) is 0 Å². The SMILES string of the molecule is O=c1c2cccc3c(-c4ccccc4)ccc(c32)c2nc3cc(-c4ccccc4)c(-c4ccccc4)c(-c4ccccc4)c3n12. The quantitative estimate of drug-likeness (QED) is 0.210. The van der Waals surface area contributed by atoms with E-state index in [4.69, 9.17) is 4.98 Å². The van der Waals surface area contributed by atoms with E-state index in [-0.39, 0.29) is 5.56 Å². The van der Waals surface area contributed by atoms with Crippen LogP contribution in [0.1, 0.15) is 0 Å². The van der Waals surface area contributed by atoms with E-state index >= 15 is 0 Å². The molecule has 9 rings (SSSR count). The van der Waals surface area contributed by atoms with Crippen LogP contribution in [-0.2, 0) is 0 Å². The van der Waals surface area contributed by atoms with Gasteiger partial charge in [0, 0.05) is 21.7 Å². The molecule has 0 aliphatic heterocycles. The van der Waals surface area contributed by atoms with Gasteiger partial charge in [-0.05, 0) is 62.5 Å². The molecule has 0 bridgehead atoms. The number of nitrogens with zero attached hydrogens (tertiary/aromatic N) is 2. The van der Waals surface area contributed by atoms with Crippen LogP contribution in [-0.4, -0.2) is 9.38 Å². The van der Waals surface area contributed by atoms with Crippen molar-refractivity contribution in [1.29, 1.82) is 0 Å². The lowest BCUT2D eigenvalue weighted by Gasteiger charge is -2.18. The highest BCUT2D eigenvalue weighted by molar-refractivity contribution is 6.20. The normalized spacial score (nSPS) is 11.6. The molecular formula is C42H26N2O. The predicted octanol–water partition coefficient (Wildman–Crippen LogP) is 10.3. The van der Waals surface area contributed by atoms with Crippen molar-refractivity contribution in [3.63, 3.8) is 0 Å². The zero-order valence-electron chi connectivity index (χ0n) is 24.3. The van der Waals surface area contributed by atoms with Crippen LogP contribution in [0.5, 0.6) is 0 Å². The first-order valence-electron chi connectivity index (χ1n) is 15.2. The molecular weight excluding hydrogens is 548 g/mol. The molecule has 0 aliphatic carbocycles. The van der Waals surface area contributed by atoms with Gasteiger partial charge in [0.25, 0.3) is 5.56 Å². The van der Waals surface area contributed by atoms with Gasteiger partial charge in [0.1, 0.15) is 5.65 Å². The molecule has 0 saturated heterocycles. The molecule has 0 saturated carbocycles. The van der Waals surface area contributed by atoms with Crippen molar-refractivity contribution in [2.24, 2.45) is 0 Å². The highest BCUT2D eigenvalue weighted by atomic mass is 16.1. The Bertz CT molecular complexity index is 2570. The Morgan fingerprint density at radius 2 is 0.978 bits per heavy atom. The summed E-state index contributed by atoms with van der Waals surface area (Å²) in [7, 11) is 0. The number of aromatic nitrogens is 2. The monoisotopic (exact) mass is 574 g/mol. The van der Waals surface area contributed by atoms with Crippen molar-refractivity contribution in [3.8, 4) is 44.5 Å². The summed E-state index contributed by atoms with van der Waals surface area (Å²) >= 11 is 0. The van der Waals surface area contributed by atoms with Crippen LogP contribution in [0.4, 0.5) is 0 Å². The molecule has 3 heteroatoms. The first-order chi connectivity index (χ1) is 22.3. The second kappa shape index (κ2) is 10.0. The smallest absolute Gasteiger partial charge is 0.264 e. The average molecular weight is 575 g/mol. The molecule has 7 aromatic carbocycles. The molecule has 0 radical (unpaired) electrons. The molecule has 0 spiro atoms. The fourth-order valence-electron chi connectivity index (χ4n) is 7.02. The van der Waals surface area contributed by atoms with Gasteiger partial charge in [0.2, 0.25) is 0 Å². The van der Waals surface area contributed by atoms with Gasteiger partial charge in [-0.15, -0.1) is 0 Å². The number of fused-ring (bicyclic) bond motifs is 4. The van der Waals surface area contributed by atoms with Crippen molar-refractivity contribution < 1.29 is 0 Å². The van der Waals surface area contributed by atoms with Crippen LogP contribution in [0.15, 0.2) is 163 Å². The maximum Gasteiger partial charge on any atom is 0.264 e. The van der Waals surface area contributed by atoms with E-state index in [9.17, 15) is 4.79 Å². The molecule has 2 aromatic heterocycles. The average Bonchev–Trinajstić information content (AvgIpc) is 3.51. The summed E-state index contributed by atoms with van der Waals surface area (Å²) in [6.45, 7) is 0. The molecule has 2 heterocycles. The highest BCUT2D eigenvalue weighted by Gasteiger charge is 2.25. The highest BCUT2D eigenvalue weighted by Crippen LogP contribution is 2.45. The van der Waals surface area contributed by atoms with Gasteiger partial charge < -0.3 is 0 Å². The summed E-state index contributed by atoms with van der Waals surface area (Å²) < 4.78 is 1.86. The Kier molecular flexibility index (Phi) is 5.66. The lowest BCUT2D eigenvalue weighted by Crippen LogP contribution is -2.14. The van der Waals surface area contributed by atoms with E-state index < -0.39 is 0 Å². The van der Waals surface area contributed by atoms with E-state index in [0.717, 1.165) is 71.7 Å². The summed E-state index contributed by atoms with van der Waals surface area (Å²) in [6, 6.07) is 54.2. The third kappa shape index (κ3) is 3.84. The first-order valence-corrected chi connectivity index (χ1v) is 15.2. The number of rotatable bonds is 4. The zero-order valence-corrected chi connectivity index (χ0v) is 24.3.